The number of benzene rings is 2. The second-order valence-corrected chi connectivity index (χ2v) is 4.81. The predicted octanol–water partition coefficient (Wildman–Crippen LogP) is 3.36. The lowest BCUT2D eigenvalue weighted by Crippen LogP contribution is -2.05. The van der Waals surface area contributed by atoms with Crippen LogP contribution in [0.15, 0.2) is 54.9 Å². The molecular weight excluding hydrogens is 248 g/mol. The van der Waals surface area contributed by atoms with Gasteiger partial charge in [-0.05, 0) is 24.6 Å². The van der Waals surface area contributed by atoms with E-state index in [1.807, 2.05) is 49.4 Å². The highest BCUT2D eigenvalue weighted by Gasteiger charge is 2.10. The number of Topliss-reactive ketones (excluding diaryl/α,β-unsaturated/α-hetero) is 1. The molecule has 3 aromatic rings. The number of carbonyl (C=O) groups excluding carboxylic acids is 1. The highest BCUT2D eigenvalue weighted by molar-refractivity contribution is 5.99. The fraction of sp³-hybridized carbons (Fsp3) is 0.118. The molecule has 1 aromatic heterocycles. The second kappa shape index (κ2) is 5.21. The van der Waals surface area contributed by atoms with Gasteiger partial charge in [0.1, 0.15) is 0 Å². The lowest BCUT2D eigenvalue weighted by molar-refractivity contribution is 0.0993. The molecule has 0 aliphatic carbocycles. The molecule has 2 aromatic carbocycles. The van der Waals surface area contributed by atoms with Crippen molar-refractivity contribution in [3.05, 3.63) is 71.5 Å². The molecule has 0 radical (unpaired) electrons. The zero-order valence-electron chi connectivity index (χ0n) is 11.2. The molecule has 0 unspecified atom stereocenters. The van der Waals surface area contributed by atoms with Crippen molar-refractivity contribution in [2.24, 2.45) is 0 Å². The molecule has 3 rings (SSSR count). The summed E-state index contributed by atoms with van der Waals surface area (Å²) in [6.45, 7) is 1.99. The van der Waals surface area contributed by atoms with Gasteiger partial charge in [-0.25, -0.2) is 0 Å². The van der Waals surface area contributed by atoms with Gasteiger partial charge in [-0.1, -0.05) is 35.9 Å². The van der Waals surface area contributed by atoms with Gasteiger partial charge in [-0.3, -0.25) is 14.8 Å². The van der Waals surface area contributed by atoms with Gasteiger partial charge in [0.2, 0.25) is 0 Å². The van der Waals surface area contributed by atoms with Crippen LogP contribution >= 0.6 is 0 Å². The van der Waals surface area contributed by atoms with Crippen molar-refractivity contribution in [3.8, 4) is 0 Å². The summed E-state index contributed by atoms with van der Waals surface area (Å²) in [5.41, 5.74) is 4.37. The van der Waals surface area contributed by atoms with E-state index in [1.165, 1.54) is 0 Å². The third-order valence-electron chi connectivity index (χ3n) is 3.27. The number of carbonyl (C=O) groups is 1. The number of aryl methyl sites for hydroxylation is 1. The molecule has 0 saturated carbocycles. The SMILES string of the molecule is Cc1cccc(C(=O)Cc2cccc3nccnc23)c1. The molecule has 0 atom stereocenters. The zero-order valence-corrected chi connectivity index (χ0v) is 11.2. The van der Waals surface area contributed by atoms with Gasteiger partial charge in [-0.2, -0.15) is 0 Å². The van der Waals surface area contributed by atoms with Gasteiger partial charge in [0.25, 0.3) is 0 Å². The van der Waals surface area contributed by atoms with Crippen molar-refractivity contribution in [2.75, 3.05) is 0 Å². The third-order valence-corrected chi connectivity index (χ3v) is 3.27. The Hall–Kier alpha value is -2.55. The molecule has 20 heavy (non-hydrogen) atoms. The highest BCUT2D eigenvalue weighted by atomic mass is 16.1. The van der Waals surface area contributed by atoms with Gasteiger partial charge in [0, 0.05) is 24.4 Å². The monoisotopic (exact) mass is 262 g/mol. The van der Waals surface area contributed by atoms with Gasteiger partial charge in [0.05, 0.1) is 11.0 Å². The van der Waals surface area contributed by atoms with Crippen molar-refractivity contribution in [3.63, 3.8) is 0 Å². The maximum atomic E-state index is 12.4. The quantitative estimate of drug-likeness (QED) is 0.680. The van der Waals surface area contributed by atoms with Crippen LogP contribution in [-0.2, 0) is 6.42 Å². The first kappa shape index (κ1) is 12.5. The molecule has 0 saturated heterocycles. The van der Waals surface area contributed by atoms with E-state index in [2.05, 4.69) is 9.97 Å². The number of rotatable bonds is 3. The largest absolute Gasteiger partial charge is 0.294 e. The van der Waals surface area contributed by atoms with E-state index in [9.17, 15) is 4.79 Å². The summed E-state index contributed by atoms with van der Waals surface area (Å²) in [6.07, 6.45) is 3.66. The Balaban J connectivity index is 1.95. The summed E-state index contributed by atoms with van der Waals surface area (Å²) < 4.78 is 0. The molecule has 0 N–H and O–H groups in total. The molecule has 0 aliphatic rings. The van der Waals surface area contributed by atoms with Crippen LogP contribution in [0.4, 0.5) is 0 Å². The fourth-order valence-electron chi connectivity index (χ4n) is 2.29. The molecular formula is C17H14N2O. The molecule has 0 fully saturated rings. The van der Waals surface area contributed by atoms with Gasteiger partial charge in [-0.15, -0.1) is 0 Å². The van der Waals surface area contributed by atoms with Crippen molar-refractivity contribution in [2.45, 2.75) is 13.3 Å². The van der Waals surface area contributed by atoms with Crippen LogP contribution in [0.5, 0.6) is 0 Å². The summed E-state index contributed by atoms with van der Waals surface area (Å²) in [4.78, 5) is 21.0. The van der Waals surface area contributed by atoms with Crippen molar-refractivity contribution in [1.29, 1.82) is 0 Å². The number of para-hydroxylation sites is 1. The van der Waals surface area contributed by atoms with E-state index in [4.69, 9.17) is 0 Å². The minimum atomic E-state index is 0.104. The summed E-state index contributed by atoms with van der Waals surface area (Å²) in [5.74, 6) is 0.104. The number of ketones is 1. The van der Waals surface area contributed by atoms with E-state index >= 15 is 0 Å². The zero-order chi connectivity index (χ0) is 13.9. The first-order valence-corrected chi connectivity index (χ1v) is 6.52. The molecule has 1 heterocycles. The van der Waals surface area contributed by atoms with Crippen molar-refractivity contribution in [1.82, 2.24) is 9.97 Å². The van der Waals surface area contributed by atoms with Crippen molar-refractivity contribution < 1.29 is 4.79 Å². The van der Waals surface area contributed by atoms with E-state index in [0.29, 0.717) is 6.42 Å². The topological polar surface area (TPSA) is 42.9 Å². The van der Waals surface area contributed by atoms with E-state index in [-0.39, 0.29) is 5.78 Å². The number of fused-ring (bicyclic) bond motifs is 1. The van der Waals surface area contributed by atoms with Crippen LogP contribution in [0, 0.1) is 6.92 Å². The molecule has 0 amide bonds. The number of nitrogens with zero attached hydrogens (tertiary/aromatic N) is 2. The Morgan fingerprint density at radius 2 is 1.85 bits per heavy atom. The van der Waals surface area contributed by atoms with Gasteiger partial charge < -0.3 is 0 Å². The standard InChI is InChI=1S/C17H14N2O/c1-12-4-2-5-13(10-12)16(20)11-14-6-3-7-15-17(14)19-9-8-18-15/h2-10H,11H2,1H3. The molecule has 0 bridgehead atoms. The van der Waals surface area contributed by atoms with E-state index in [0.717, 1.165) is 27.7 Å². The fourth-order valence-corrected chi connectivity index (χ4v) is 2.29. The van der Waals surface area contributed by atoms with E-state index < -0.39 is 0 Å². The number of hydrogen-bond donors (Lipinski definition) is 0. The lowest BCUT2D eigenvalue weighted by Gasteiger charge is -2.05. The summed E-state index contributed by atoms with van der Waals surface area (Å²) in [6, 6.07) is 13.4. The normalized spacial score (nSPS) is 10.7. The van der Waals surface area contributed by atoms with Crippen LogP contribution in [0.25, 0.3) is 11.0 Å². The Morgan fingerprint density at radius 1 is 1.05 bits per heavy atom. The van der Waals surface area contributed by atoms with Crippen molar-refractivity contribution >= 4 is 16.8 Å². The third kappa shape index (κ3) is 2.43. The van der Waals surface area contributed by atoms with Crippen LogP contribution in [-0.4, -0.2) is 15.8 Å². The van der Waals surface area contributed by atoms with Crippen LogP contribution in [0.3, 0.4) is 0 Å². The Morgan fingerprint density at radius 3 is 2.70 bits per heavy atom. The molecule has 0 aliphatic heterocycles. The van der Waals surface area contributed by atoms with Crippen LogP contribution < -0.4 is 0 Å². The lowest BCUT2D eigenvalue weighted by atomic mass is 10.0. The first-order valence-electron chi connectivity index (χ1n) is 6.52. The Bertz CT molecular complexity index is 775. The Kier molecular flexibility index (Phi) is 3.25. The number of hydrogen-bond acceptors (Lipinski definition) is 3. The minimum absolute atomic E-state index is 0.104. The molecule has 0 spiro atoms. The molecule has 3 heteroatoms. The predicted molar refractivity (Wildman–Crippen MR) is 78.8 cm³/mol. The molecule has 3 nitrogen and oxygen atoms in total. The smallest absolute Gasteiger partial charge is 0.167 e. The Labute approximate surface area is 117 Å². The minimum Gasteiger partial charge on any atom is -0.294 e. The number of aromatic nitrogens is 2. The van der Waals surface area contributed by atoms with Gasteiger partial charge in [0.15, 0.2) is 5.78 Å². The maximum Gasteiger partial charge on any atom is 0.167 e. The summed E-state index contributed by atoms with van der Waals surface area (Å²) >= 11 is 0. The van der Waals surface area contributed by atoms with E-state index in [1.54, 1.807) is 12.4 Å². The second-order valence-electron chi connectivity index (χ2n) is 4.81. The summed E-state index contributed by atoms with van der Waals surface area (Å²) in [5, 5.41) is 0. The molecule has 98 valence electrons. The van der Waals surface area contributed by atoms with Crippen LogP contribution in [0.1, 0.15) is 21.5 Å². The van der Waals surface area contributed by atoms with Gasteiger partial charge >= 0.3 is 0 Å². The average Bonchev–Trinajstić information content (AvgIpc) is 2.47. The first-order chi connectivity index (χ1) is 9.74. The highest BCUT2D eigenvalue weighted by Crippen LogP contribution is 2.16. The average molecular weight is 262 g/mol. The summed E-state index contributed by atoms with van der Waals surface area (Å²) in [7, 11) is 0. The maximum absolute atomic E-state index is 12.4. The van der Waals surface area contributed by atoms with Crippen LogP contribution in [0.2, 0.25) is 0 Å².